The van der Waals surface area contributed by atoms with Gasteiger partial charge in [0, 0.05) is 19.2 Å². The second-order valence-corrected chi connectivity index (χ2v) is 7.75. The number of benzene rings is 1. The van der Waals surface area contributed by atoms with Crippen LogP contribution < -0.4 is 15.0 Å². The molecule has 3 heterocycles. The summed E-state index contributed by atoms with van der Waals surface area (Å²) in [6.45, 7) is 0. The molecule has 7 nitrogen and oxygen atoms in total. The van der Waals surface area contributed by atoms with Gasteiger partial charge < -0.3 is 19.4 Å². The molecule has 0 saturated carbocycles. The van der Waals surface area contributed by atoms with Gasteiger partial charge in [-0.1, -0.05) is 11.6 Å². The highest BCUT2D eigenvalue weighted by molar-refractivity contribution is 6.36. The Kier molecular flexibility index (Phi) is 5.92. The maximum absolute atomic E-state index is 13.8. The summed E-state index contributed by atoms with van der Waals surface area (Å²) in [5.41, 5.74) is -0.327. The van der Waals surface area contributed by atoms with Gasteiger partial charge in [-0.25, -0.2) is 4.68 Å². The highest BCUT2D eigenvalue weighted by Gasteiger charge is 2.48. The Balaban J connectivity index is 1.64. The SMILES string of the molecule is CN(C(=O)c1nn2c(c1Cl)N[C@H](c1ccco1)C[C@@H]2C(F)(F)F)c1ccc(OC(F)(F)F)cc1. The quantitative estimate of drug-likeness (QED) is 0.440. The van der Waals surface area contributed by atoms with Crippen molar-refractivity contribution in [3.63, 3.8) is 0 Å². The lowest BCUT2D eigenvalue weighted by molar-refractivity contribution is -0.274. The number of ether oxygens (including phenoxy) is 1. The minimum Gasteiger partial charge on any atom is -0.467 e. The molecule has 0 aliphatic carbocycles. The van der Waals surface area contributed by atoms with Crippen LogP contribution in [-0.4, -0.2) is 35.3 Å². The molecular formula is C20H15ClF6N4O3. The largest absolute Gasteiger partial charge is 0.573 e. The van der Waals surface area contributed by atoms with Gasteiger partial charge in [-0.2, -0.15) is 18.3 Å². The molecule has 3 aromatic rings. The molecule has 0 bridgehead atoms. The topological polar surface area (TPSA) is 72.5 Å². The number of nitrogens with one attached hydrogen (secondary N) is 1. The molecule has 34 heavy (non-hydrogen) atoms. The molecule has 4 rings (SSSR count). The number of hydrogen-bond acceptors (Lipinski definition) is 5. The Morgan fingerprint density at radius 3 is 2.44 bits per heavy atom. The first-order valence-electron chi connectivity index (χ1n) is 9.63. The Morgan fingerprint density at radius 1 is 1.21 bits per heavy atom. The van der Waals surface area contributed by atoms with E-state index in [1.54, 1.807) is 0 Å². The van der Waals surface area contributed by atoms with E-state index >= 15 is 0 Å². The maximum atomic E-state index is 13.8. The zero-order chi connectivity index (χ0) is 24.8. The van der Waals surface area contributed by atoms with E-state index < -0.39 is 48.4 Å². The van der Waals surface area contributed by atoms with E-state index in [1.807, 2.05) is 0 Å². The summed E-state index contributed by atoms with van der Waals surface area (Å²) in [7, 11) is 1.27. The van der Waals surface area contributed by atoms with E-state index in [1.165, 1.54) is 37.6 Å². The Bertz CT molecular complexity index is 1170. The van der Waals surface area contributed by atoms with E-state index in [-0.39, 0.29) is 22.3 Å². The smallest absolute Gasteiger partial charge is 0.467 e. The number of carbonyl (C=O) groups is 1. The van der Waals surface area contributed by atoms with Gasteiger partial charge >= 0.3 is 12.5 Å². The molecule has 0 saturated heterocycles. The number of aromatic nitrogens is 2. The van der Waals surface area contributed by atoms with Crippen LogP contribution in [0.25, 0.3) is 0 Å². The van der Waals surface area contributed by atoms with E-state index in [0.29, 0.717) is 4.68 Å². The fourth-order valence-electron chi connectivity index (χ4n) is 3.55. The molecule has 1 amide bonds. The summed E-state index contributed by atoms with van der Waals surface area (Å²) >= 11 is 6.27. The summed E-state index contributed by atoms with van der Waals surface area (Å²) in [6.07, 6.45) is -8.71. The van der Waals surface area contributed by atoms with Crippen LogP contribution in [0.4, 0.5) is 37.8 Å². The van der Waals surface area contributed by atoms with E-state index in [2.05, 4.69) is 15.2 Å². The lowest BCUT2D eigenvalue weighted by atomic mass is 10.0. The standard InChI is InChI=1S/C20H15ClF6N4O3/c1-30(10-4-6-11(7-5-10)34-20(25,26)27)18(32)16-15(21)17-28-12(13-3-2-8-33-13)9-14(19(22,23)24)31(17)29-16/h2-8,12,14,28H,9H2,1H3/t12-,14+/m0/s1. The molecule has 2 atom stereocenters. The summed E-state index contributed by atoms with van der Waals surface area (Å²) in [6, 6.07) is 4.41. The normalized spacial score (nSPS) is 18.2. The fourth-order valence-corrected chi connectivity index (χ4v) is 3.81. The first kappa shape index (κ1) is 23.8. The van der Waals surface area contributed by atoms with Crippen molar-refractivity contribution < 1.29 is 40.3 Å². The lowest BCUT2D eigenvalue weighted by Crippen LogP contribution is -2.35. The number of hydrogen-bond donors (Lipinski definition) is 1. The average molecular weight is 509 g/mol. The van der Waals surface area contributed by atoms with Crippen molar-refractivity contribution in [2.24, 2.45) is 0 Å². The zero-order valence-electron chi connectivity index (χ0n) is 17.1. The van der Waals surface area contributed by atoms with E-state index in [0.717, 1.165) is 17.0 Å². The van der Waals surface area contributed by atoms with Gasteiger partial charge in [-0.05, 0) is 36.4 Å². The highest BCUT2D eigenvalue weighted by Crippen LogP contribution is 2.46. The highest BCUT2D eigenvalue weighted by atomic mass is 35.5. The van der Waals surface area contributed by atoms with Gasteiger partial charge in [0.1, 0.15) is 22.4 Å². The van der Waals surface area contributed by atoms with Crippen LogP contribution in [0.5, 0.6) is 5.75 Å². The van der Waals surface area contributed by atoms with Gasteiger partial charge in [0.15, 0.2) is 11.7 Å². The first-order valence-corrected chi connectivity index (χ1v) is 10.0. The van der Waals surface area contributed by atoms with Crippen LogP contribution in [0.15, 0.2) is 47.1 Å². The predicted molar refractivity (Wildman–Crippen MR) is 108 cm³/mol. The van der Waals surface area contributed by atoms with E-state index in [4.69, 9.17) is 16.0 Å². The number of furan rings is 1. The molecule has 1 N–H and O–H groups in total. The molecule has 0 spiro atoms. The number of nitrogens with zero attached hydrogens (tertiary/aromatic N) is 3. The van der Waals surface area contributed by atoms with Crippen LogP contribution in [0.2, 0.25) is 5.02 Å². The number of halogens is 7. The number of amides is 1. The van der Waals surface area contributed by atoms with Crippen molar-refractivity contribution in [1.29, 1.82) is 0 Å². The van der Waals surface area contributed by atoms with Crippen LogP contribution in [-0.2, 0) is 0 Å². The number of carbonyl (C=O) groups excluding carboxylic acids is 1. The van der Waals surface area contributed by atoms with Gasteiger partial charge in [0.05, 0.1) is 12.3 Å². The maximum Gasteiger partial charge on any atom is 0.573 e. The summed E-state index contributed by atoms with van der Waals surface area (Å²) in [4.78, 5) is 14.0. The Labute approximate surface area is 192 Å². The minimum absolute atomic E-state index is 0.135. The lowest BCUT2D eigenvalue weighted by Gasteiger charge is -2.32. The predicted octanol–water partition coefficient (Wildman–Crippen LogP) is 5.97. The summed E-state index contributed by atoms with van der Waals surface area (Å²) < 4.78 is 88.0. The van der Waals surface area contributed by atoms with Gasteiger partial charge in [-0.3, -0.25) is 4.79 Å². The number of rotatable bonds is 4. The summed E-state index contributed by atoms with van der Waals surface area (Å²) in [5, 5.41) is 6.33. The average Bonchev–Trinajstić information content (AvgIpc) is 3.39. The van der Waals surface area contributed by atoms with Crippen LogP contribution in [0, 0.1) is 0 Å². The van der Waals surface area contributed by atoms with Gasteiger partial charge in [0.2, 0.25) is 0 Å². The van der Waals surface area contributed by atoms with E-state index in [9.17, 15) is 31.1 Å². The van der Waals surface area contributed by atoms with Crippen molar-refractivity contribution in [2.45, 2.75) is 31.0 Å². The van der Waals surface area contributed by atoms with Crippen LogP contribution in [0.1, 0.15) is 34.8 Å². The third kappa shape index (κ3) is 4.65. The van der Waals surface area contributed by atoms with Crippen molar-refractivity contribution in [2.75, 3.05) is 17.3 Å². The third-order valence-corrected chi connectivity index (χ3v) is 5.51. The van der Waals surface area contributed by atoms with Crippen molar-refractivity contribution in [3.05, 3.63) is 59.1 Å². The Hall–Kier alpha value is -3.35. The fraction of sp³-hybridized carbons (Fsp3) is 0.300. The first-order chi connectivity index (χ1) is 15.8. The number of alkyl halides is 6. The second-order valence-electron chi connectivity index (χ2n) is 7.37. The molecule has 0 radical (unpaired) electrons. The summed E-state index contributed by atoms with van der Waals surface area (Å²) in [5.74, 6) is -1.33. The molecule has 2 aromatic heterocycles. The monoisotopic (exact) mass is 508 g/mol. The molecule has 182 valence electrons. The van der Waals surface area contributed by atoms with Crippen molar-refractivity contribution >= 4 is 29.0 Å². The van der Waals surface area contributed by atoms with Crippen LogP contribution >= 0.6 is 11.6 Å². The van der Waals surface area contributed by atoms with Crippen molar-refractivity contribution in [3.8, 4) is 5.75 Å². The van der Waals surface area contributed by atoms with Gasteiger partial charge in [-0.15, -0.1) is 13.2 Å². The van der Waals surface area contributed by atoms with Crippen LogP contribution in [0.3, 0.4) is 0 Å². The molecule has 1 aromatic carbocycles. The second kappa shape index (κ2) is 8.46. The number of fused-ring (bicyclic) bond motifs is 1. The molecule has 1 aliphatic rings. The van der Waals surface area contributed by atoms with Gasteiger partial charge in [0.25, 0.3) is 5.91 Å². The third-order valence-electron chi connectivity index (χ3n) is 5.15. The molecule has 0 unspecified atom stereocenters. The van der Waals surface area contributed by atoms with Crippen molar-refractivity contribution in [1.82, 2.24) is 9.78 Å². The minimum atomic E-state index is -4.89. The number of anilines is 2. The molecule has 1 aliphatic heterocycles. The molecule has 0 fully saturated rings. The zero-order valence-corrected chi connectivity index (χ0v) is 17.9. The molecule has 14 heteroatoms. The molecular weight excluding hydrogens is 494 g/mol. The Morgan fingerprint density at radius 2 is 1.88 bits per heavy atom.